The maximum absolute atomic E-state index is 12.9. The summed E-state index contributed by atoms with van der Waals surface area (Å²) in [5, 5.41) is 13.6. The highest BCUT2D eigenvalue weighted by Gasteiger charge is 2.47. The van der Waals surface area contributed by atoms with Gasteiger partial charge < -0.3 is 9.84 Å². The summed E-state index contributed by atoms with van der Waals surface area (Å²) in [5.41, 5.74) is 0.995. The average molecular weight is 427 g/mol. The lowest BCUT2D eigenvalue weighted by Crippen LogP contribution is -2.29. The first-order chi connectivity index (χ1) is 14.0. The lowest BCUT2D eigenvalue weighted by atomic mass is 9.95. The third-order valence-electron chi connectivity index (χ3n) is 4.60. The first-order valence-electron chi connectivity index (χ1n) is 8.61. The Labute approximate surface area is 175 Å². The molecule has 0 spiro atoms. The molecule has 0 saturated carbocycles. The highest BCUT2D eigenvalue weighted by molar-refractivity contribution is 7.14. The number of amides is 1. The number of rotatable bonds is 4. The van der Waals surface area contributed by atoms with Gasteiger partial charge in [0.1, 0.15) is 11.5 Å². The van der Waals surface area contributed by atoms with E-state index < -0.39 is 17.7 Å². The van der Waals surface area contributed by atoms with Gasteiger partial charge in [-0.3, -0.25) is 14.5 Å². The molecule has 29 heavy (non-hydrogen) atoms. The maximum Gasteiger partial charge on any atom is 0.301 e. The molecule has 1 N–H and O–H groups in total. The van der Waals surface area contributed by atoms with Gasteiger partial charge in [-0.1, -0.05) is 35.9 Å². The molecule has 1 fully saturated rings. The molecule has 6 nitrogen and oxygen atoms in total. The third-order valence-corrected chi connectivity index (χ3v) is 5.62. The van der Waals surface area contributed by atoms with E-state index in [1.54, 1.807) is 60.1 Å². The number of ether oxygens (including phenoxy) is 1. The number of aromatic nitrogens is 1. The second-order valence-corrected chi connectivity index (χ2v) is 7.58. The molecule has 1 aliphatic rings. The number of carbonyl (C=O) groups is 2. The van der Waals surface area contributed by atoms with E-state index in [0.29, 0.717) is 27.0 Å². The number of thiazole rings is 1. The van der Waals surface area contributed by atoms with Crippen LogP contribution >= 0.6 is 22.9 Å². The van der Waals surface area contributed by atoms with Gasteiger partial charge in [0.2, 0.25) is 0 Å². The number of benzene rings is 2. The van der Waals surface area contributed by atoms with Crippen molar-refractivity contribution in [3.63, 3.8) is 0 Å². The van der Waals surface area contributed by atoms with Crippen molar-refractivity contribution in [2.45, 2.75) is 6.04 Å². The first kappa shape index (κ1) is 19.2. The van der Waals surface area contributed by atoms with Crippen LogP contribution in [0, 0.1) is 0 Å². The number of Topliss-reactive ketones (excluding diaryl/α,β-unsaturated/α-hetero) is 1. The Morgan fingerprint density at radius 1 is 1.21 bits per heavy atom. The number of halogens is 1. The van der Waals surface area contributed by atoms with E-state index in [0.717, 1.165) is 0 Å². The van der Waals surface area contributed by atoms with Gasteiger partial charge in [0, 0.05) is 22.2 Å². The van der Waals surface area contributed by atoms with Gasteiger partial charge in [0.25, 0.3) is 5.78 Å². The van der Waals surface area contributed by atoms with E-state index in [2.05, 4.69) is 4.98 Å². The summed E-state index contributed by atoms with van der Waals surface area (Å²) in [5.74, 6) is -1.28. The molecule has 1 aromatic heterocycles. The van der Waals surface area contributed by atoms with Crippen LogP contribution in [0.15, 0.2) is 65.7 Å². The molecule has 1 unspecified atom stereocenters. The average Bonchev–Trinajstić information content (AvgIpc) is 3.35. The fourth-order valence-corrected chi connectivity index (χ4v) is 4.04. The zero-order valence-corrected chi connectivity index (χ0v) is 16.8. The van der Waals surface area contributed by atoms with Crippen LogP contribution in [0.1, 0.15) is 17.2 Å². The lowest BCUT2D eigenvalue weighted by Gasteiger charge is -2.23. The number of aliphatic hydroxyl groups is 1. The van der Waals surface area contributed by atoms with Crippen molar-refractivity contribution in [1.29, 1.82) is 0 Å². The molecular formula is C21H15ClN2O4S. The predicted octanol–water partition coefficient (Wildman–Crippen LogP) is 4.43. The standard InChI is InChI=1S/C21H15ClN2O4S/c1-28-15-4-2-3-13(11-15)18(25)16-17(12-5-7-14(22)8-6-12)24(20(27)19(16)26)21-23-9-10-29-21/h2-11,17,25H,1H3/b18-16+. The molecule has 1 atom stereocenters. The van der Waals surface area contributed by atoms with Crippen molar-refractivity contribution < 1.29 is 19.4 Å². The minimum atomic E-state index is -0.829. The minimum absolute atomic E-state index is 0.0132. The Hall–Kier alpha value is -3.16. The van der Waals surface area contributed by atoms with E-state index in [9.17, 15) is 14.7 Å². The zero-order chi connectivity index (χ0) is 20.5. The van der Waals surface area contributed by atoms with E-state index in [4.69, 9.17) is 16.3 Å². The summed E-state index contributed by atoms with van der Waals surface area (Å²) in [6.07, 6.45) is 1.56. The monoisotopic (exact) mass is 426 g/mol. The van der Waals surface area contributed by atoms with Crippen molar-refractivity contribution >= 4 is 45.5 Å². The number of carbonyl (C=O) groups excluding carboxylic acids is 2. The fourth-order valence-electron chi connectivity index (χ4n) is 3.25. The molecule has 0 bridgehead atoms. The highest BCUT2D eigenvalue weighted by atomic mass is 35.5. The molecule has 4 rings (SSSR count). The SMILES string of the molecule is COc1cccc(/C(O)=C2\C(=O)C(=O)N(c3nccs3)C2c2ccc(Cl)cc2)c1. The number of methoxy groups -OCH3 is 1. The number of hydrogen-bond donors (Lipinski definition) is 1. The summed E-state index contributed by atoms with van der Waals surface area (Å²) in [6, 6.07) is 12.6. The summed E-state index contributed by atoms with van der Waals surface area (Å²) in [4.78, 5) is 31.3. The molecular weight excluding hydrogens is 412 g/mol. The molecule has 146 valence electrons. The Bertz CT molecular complexity index is 1110. The van der Waals surface area contributed by atoms with Crippen molar-refractivity contribution in [2.24, 2.45) is 0 Å². The van der Waals surface area contributed by atoms with E-state index >= 15 is 0 Å². The van der Waals surface area contributed by atoms with Crippen molar-refractivity contribution in [1.82, 2.24) is 4.98 Å². The quantitative estimate of drug-likeness (QED) is 0.379. The van der Waals surface area contributed by atoms with Crippen LogP contribution in [0.3, 0.4) is 0 Å². The predicted molar refractivity (Wildman–Crippen MR) is 111 cm³/mol. The Morgan fingerprint density at radius 3 is 2.62 bits per heavy atom. The molecule has 3 aromatic rings. The summed E-state index contributed by atoms with van der Waals surface area (Å²) >= 11 is 7.24. The molecule has 0 radical (unpaired) electrons. The van der Waals surface area contributed by atoms with E-state index in [1.165, 1.54) is 23.3 Å². The Morgan fingerprint density at radius 2 is 1.97 bits per heavy atom. The van der Waals surface area contributed by atoms with Gasteiger partial charge in [-0.2, -0.15) is 0 Å². The van der Waals surface area contributed by atoms with Gasteiger partial charge in [-0.25, -0.2) is 4.98 Å². The molecule has 8 heteroatoms. The number of aliphatic hydroxyl groups excluding tert-OH is 1. The summed E-state index contributed by atoms with van der Waals surface area (Å²) in [6.45, 7) is 0. The zero-order valence-electron chi connectivity index (χ0n) is 15.2. The molecule has 2 heterocycles. The van der Waals surface area contributed by atoms with Crippen LogP contribution in [0.4, 0.5) is 5.13 Å². The molecule has 2 aromatic carbocycles. The van der Waals surface area contributed by atoms with Crippen LogP contribution < -0.4 is 9.64 Å². The largest absolute Gasteiger partial charge is 0.507 e. The topological polar surface area (TPSA) is 79.7 Å². The number of anilines is 1. The van der Waals surface area contributed by atoms with Crippen molar-refractivity contribution in [2.75, 3.05) is 12.0 Å². The van der Waals surface area contributed by atoms with Crippen LogP contribution in [0.2, 0.25) is 5.02 Å². The van der Waals surface area contributed by atoms with E-state index in [-0.39, 0.29) is 11.3 Å². The second-order valence-electron chi connectivity index (χ2n) is 6.27. The normalized spacial score (nSPS) is 18.3. The Balaban J connectivity index is 1.93. The first-order valence-corrected chi connectivity index (χ1v) is 9.87. The highest BCUT2D eigenvalue weighted by Crippen LogP contribution is 2.43. The van der Waals surface area contributed by atoms with Gasteiger partial charge >= 0.3 is 5.91 Å². The smallest absolute Gasteiger partial charge is 0.301 e. The summed E-state index contributed by atoms with van der Waals surface area (Å²) in [7, 11) is 1.51. The van der Waals surface area contributed by atoms with Crippen LogP contribution in [0.25, 0.3) is 5.76 Å². The van der Waals surface area contributed by atoms with Crippen LogP contribution in [-0.2, 0) is 9.59 Å². The van der Waals surface area contributed by atoms with Crippen LogP contribution in [0.5, 0.6) is 5.75 Å². The van der Waals surface area contributed by atoms with Gasteiger partial charge in [-0.15, -0.1) is 11.3 Å². The second kappa shape index (κ2) is 7.69. The Kier molecular flexibility index (Phi) is 5.08. The lowest BCUT2D eigenvalue weighted by molar-refractivity contribution is -0.132. The van der Waals surface area contributed by atoms with Crippen molar-refractivity contribution in [3.8, 4) is 5.75 Å². The van der Waals surface area contributed by atoms with Gasteiger partial charge in [0.05, 0.1) is 18.7 Å². The van der Waals surface area contributed by atoms with Gasteiger partial charge in [0.15, 0.2) is 5.13 Å². The number of nitrogens with zero attached hydrogens (tertiary/aromatic N) is 2. The molecule has 1 aliphatic heterocycles. The molecule has 0 aliphatic carbocycles. The fraction of sp³-hybridized carbons (Fsp3) is 0.0952. The maximum atomic E-state index is 12.9. The number of hydrogen-bond acceptors (Lipinski definition) is 6. The third kappa shape index (κ3) is 3.39. The molecule has 1 amide bonds. The number of ketones is 1. The van der Waals surface area contributed by atoms with Crippen LogP contribution in [-0.4, -0.2) is 28.9 Å². The minimum Gasteiger partial charge on any atom is -0.507 e. The van der Waals surface area contributed by atoms with E-state index in [1.807, 2.05) is 0 Å². The summed E-state index contributed by atoms with van der Waals surface area (Å²) < 4.78 is 5.20. The van der Waals surface area contributed by atoms with Crippen molar-refractivity contribution in [3.05, 3.63) is 81.8 Å². The van der Waals surface area contributed by atoms with Gasteiger partial charge in [-0.05, 0) is 29.8 Å². The molecule has 1 saturated heterocycles.